The van der Waals surface area contributed by atoms with E-state index in [1.165, 1.54) is 4.90 Å². The van der Waals surface area contributed by atoms with Crippen molar-refractivity contribution in [1.29, 1.82) is 0 Å². The summed E-state index contributed by atoms with van der Waals surface area (Å²) in [7, 11) is 1.75. The number of guanidine groups is 1. The third kappa shape index (κ3) is 3.63. The summed E-state index contributed by atoms with van der Waals surface area (Å²) in [5.74, 6) is 1.23. The van der Waals surface area contributed by atoms with Gasteiger partial charge in [-0.05, 0) is 44.8 Å². The minimum Gasteiger partial charge on any atom is -0.356 e. The fourth-order valence-electron chi connectivity index (χ4n) is 4.22. The van der Waals surface area contributed by atoms with Crippen molar-refractivity contribution in [2.75, 3.05) is 32.9 Å². The average Bonchev–Trinajstić information content (AvgIpc) is 3.30. The predicted octanol–water partition coefficient (Wildman–Crippen LogP) is 1.49. The molecule has 1 saturated heterocycles. The van der Waals surface area contributed by atoms with Crippen LogP contribution in [0.1, 0.15) is 26.7 Å². The highest BCUT2D eigenvalue weighted by Crippen LogP contribution is 2.52. The van der Waals surface area contributed by atoms with Crippen molar-refractivity contribution in [2.45, 2.75) is 31.4 Å². The summed E-state index contributed by atoms with van der Waals surface area (Å²) in [6.45, 7) is 6.35. The molecule has 7 heteroatoms. The molecule has 0 aromatic heterocycles. The van der Waals surface area contributed by atoms with Gasteiger partial charge in [-0.3, -0.25) is 19.5 Å². The Balaban J connectivity index is 1.43. The predicted molar refractivity (Wildman–Crippen MR) is 106 cm³/mol. The van der Waals surface area contributed by atoms with Gasteiger partial charge < -0.3 is 10.6 Å². The Labute approximate surface area is 160 Å². The lowest BCUT2D eigenvalue weighted by Crippen LogP contribution is -2.44. The molecule has 1 aliphatic heterocycles. The van der Waals surface area contributed by atoms with E-state index in [2.05, 4.69) is 47.9 Å². The van der Waals surface area contributed by atoms with Gasteiger partial charge in [0.25, 0.3) is 0 Å². The standard InChI is InChI=1S/C19H30N4O2S/c1-19(2,26-4)11-22-18(20-3)21-8-5-9-23-16(24)14-12-6-7-13(10-12)15(14)17(23)25/h6-7,12-15H,5,8-11H2,1-4H3,(H2,20,21,22). The van der Waals surface area contributed by atoms with Gasteiger partial charge in [-0.15, -0.1) is 0 Å². The number of aliphatic imine (C=N–C) groups is 1. The second-order valence-electron chi connectivity index (χ2n) is 8.00. The van der Waals surface area contributed by atoms with Crippen LogP contribution in [-0.4, -0.2) is 60.4 Å². The van der Waals surface area contributed by atoms with Crippen molar-refractivity contribution >= 4 is 29.5 Å². The van der Waals surface area contributed by atoms with Gasteiger partial charge in [0.2, 0.25) is 11.8 Å². The first-order chi connectivity index (χ1) is 12.4. The molecule has 2 fully saturated rings. The molecule has 4 atom stereocenters. The van der Waals surface area contributed by atoms with E-state index < -0.39 is 0 Å². The number of carbonyl (C=O) groups is 2. The van der Waals surface area contributed by atoms with Crippen LogP contribution in [0.3, 0.4) is 0 Å². The van der Waals surface area contributed by atoms with Crippen molar-refractivity contribution in [3.05, 3.63) is 12.2 Å². The minimum absolute atomic E-state index is 0.0427. The Morgan fingerprint density at radius 3 is 2.38 bits per heavy atom. The summed E-state index contributed by atoms with van der Waals surface area (Å²) in [4.78, 5) is 31.0. The molecule has 2 aliphatic carbocycles. The number of nitrogens with zero attached hydrogens (tertiary/aromatic N) is 2. The third-order valence-electron chi connectivity index (χ3n) is 5.87. The van der Waals surface area contributed by atoms with E-state index in [4.69, 9.17) is 0 Å². The van der Waals surface area contributed by atoms with Crippen molar-refractivity contribution < 1.29 is 9.59 Å². The number of amides is 2. The number of allylic oxidation sites excluding steroid dienone is 2. The maximum Gasteiger partial charge on any atom is 0.233 e. The quantitative estimate of drug-likeness (QED) is 0.231. The van der Waals surface area contributed by atoms with Gasteiger partial charge in [-0.1, -0.05) is 12.2 Å². The van der Waals surface area contributed by atoms with Gasteiger partial charge in [0, 0.05) is 31.4 Å². The van der Waals surface area contributed by atoms with Crippen LogP contribution in [0.25, 0.3) is 0 Å². The fourth-order valence-corrected chi connectivity index (χ4v) is 4.43. The SMILES string of the molecule is CN=C(NCCCN1C(=O)C2C3C=CC(C3)C2C1=O)NCC(C)(C)SC. The lowest BCUT2D eigenvalue weighted by Gasteiger charge is -2.24. The smallest absolute Gasteiger partial charge is 0.233 e. The van der Waals surface area contributed by atoms with Crippen LogP contribution in [0.5, 0.6) is 0 Å². The molecule has 2 bridgehead atoms. The van der Waals surface area contributed by atoms with Crippen LogP contribution < -0.4 is 10.6 Å². The van der Waals surface area contributed by atoms with E-state index in [-0.39, 0.29) is 40.2 Å². The van der Waals surface area contributed by atoms with E-state index >= 15 is 0 Å². The number of carbonyl (C=O) groups excluding carboxylic acids is 2. The normalized spacial score (nSPS) is 30.3. The molecule has 3 aliphatic rings. The molecule has 0 aromatic rings. The molecular weight excluding hydrogens is 348 g/mol. The molecule has 26 heavy (non-hydrogen) atoms. The molecule has 1 saturated carbocycles. The second-order valence-corrected chi connectivity index (χ2v) is 9.51. The van der Waals surface area contributed by atoms with Crippen LogP contribution >= 0.6 is 11.8 Å². The number of imide groups is 1. The number of thioether (sulfide) groups is 1. The van der Waals surface area contributed by atoms with Crippen molar-refractivity contribution in [3.63, 3.8) is 0 Å². The summed E-state index contributed by atoms with van der Waals surface area (Å²) >= 11 is 1.81. The van der Waals surface area contributed by atoms with E-state index in [9.17, 15) is 9.59 Å². The highest BCUT2D eigenvalue weighted by Gasteiger charge is 2.58. The van der Waals surface area contributed by atoms with Crippen molar-refractivity contribution in [2.24, 2.45) is 28.7 Å². The molecule has 0 radical (unpaired) electrons. The maximum atomic E-state index is 12.6. The van der Waals surface area contributed by atoms with Crippen molar-refractivity contribution in [1.82, 2.24) is 15.5 Å². The van der Waals surface area contributed by atoms with Gasteiger partial charge >= 0.3 is 0 Å². The molecule has 6 nitrogen and oxygen atoms in total. The number of hydrogen-bond acceptors (Lipinski definition) is 4. The summed E-state index contributed by atoms with van der Waals surface area (Å²) in [5, 5.41) is 6.59. The molecule has 2 N–H and O–H groups in total. The van der Waals surface area contributed by atoms with Gasteiger partial charge in [0.15, 0.2) is 5.96 Å². The van der Waals surface area contributed by atoms with E-state index in [1.807, 2.05) is 0 Å². The van der Waals surface area contributed by atoms with E-state index in [1.54, 1.807) is 18.8 Å². The zero-order chi connectivity index (χ0) is 18.9. The monoisotopic (exact) mass is 378 g/mol. The Hall–Kier alpha value is -1.50. The Morgan fingerprint density at radius 1 is 1.23 bits per heavy atom. The second kappa shape index (κ2) is 7.62. The lowest BCUT2D eigenvalue weighted by molar-refractivity contribution is -0.140. The van der Waals surface area contributed by atoms with Crippen LogP contribution in [0.2, 0.25) is 0 Å². The summed E-state index contributed by atoms with van der Waals surface area (Å²) in [6, 6.07) is 0. The maximum absolute atomic E-state index is 12.6. The summed E-state index contributed by atoms with van der Waals surface area (Å²) < 4.78 is 0.136. The number of nitrogens with one attached hydrogen (secondary N) is 2. The van der Waals surface area contributed by atoms with Crippen LogP contribution in [0, 0.1) is 23.7 Å². The van der Waals surface area contributed by atoms with E-state index in [0.717, 1.165) is 25.3 Å². The molecule has 1 heterocycles. The molecule has 4 unspecified atom stereocenters. The molecule has 144 valence electrons. The number of hydrogen-bond donors (Lipinski definition) is 2. The highest BCUT2D eigenvalue weighted by atomic mass is 32.2. The Kier molecular flexibility index (Phi) is 5.65. The summed E-state index contributed by atoms with van der Waals surface area (Å²) in [6.07, 6.45) is 8.07. The van der Waals surface area contributed by atoms with Crippen LogP contribution in [0.15, 0.2) is 17.1 Å². The first-order valence-corrected chi connectivity index (χ1v) is 10.6. The minimum atomic E-state index is -0.0892. The first kappa shape index (κ1) is 19.3. The fraction of sp³-hybridized carbons (Fsp3) is 0.737. The molecular formula is C19H30N4O2S. The Morgan fingerprint density at radius 2 is 1.85 bits per heavy atom. The summed E-state index contributed by atoms with van der Waals surface area (Å²) in [5.41, 5.74) is 0. The topological polar surface area (TPSA) is 73.8 Å². The van der Waals surface area contributed by atoms with Gasteiger partial charge in [0.05, 0.1) is 11.8 Å². The largest absolute Gasteiger partial charge is 0.356 e. The number of likely N-dealkylation sites (tertiary alicyclic amines) is 1. The average molecular weight is 379 g/mol. The number of fused-ring (bicyclic) bond motifs is 5. The zero-order valence-corrected chi connectivity index (χ0v) is 16.9. The van der Waals surface area contributed by atoms with Gasteiger partial charge in [0.1, 0.15) is 0 Å². The zero-order valence-electron chi connectivity index (χ0n) is 16.1. The molecule has 0 spiro atoms. The first-order valence-electron chi connectivity index (χ1n) is 9.41. The Bertz CT molecular complexity index is 601. The molecule has 3 rings (SSSR count). The molecule has 2 amide bonds. The third-order valence-corrected chi connectivity index (χ3v) is 7.12. The van der Waals surface area contributed by atoms with Gasteiger partial charge in [-0.2, -0.15) is 11.8 Å². The highest BCUT2D eigenvalue weighted by molar-refractivity contribution is 7.99. The number of rotatable bonds is 7. The van der Waals surface area contributed by atoms with Crippen LogP contribution in [-0.2, 0) is 9.59 Å². The lowest BCUT2D eigenvalue weighted by atomic mass is 9.85. The van der Waals surface area contributed by atoms with Crippen LogP contribution in [0.4, 0.5) is 0 Å². The van der Waals surface area contributed by atoms with Gasteiger partial charge in [-0.25, -0.2) is 0 Å². The van der Waals surface area contributed by atoms with Crippen molar-refractivity contribution in [3.8, 4) is 0 Å². The molecule has 0 aromatic carbocycles. The van der Waals surface area contributed by atoms with E-state index in [0.29, 0.717) is 13.1 Å².